The van der Waals surface area contributed by atoms with E-state index in [1.165, 1.54) is 0 Å². The zero-order valence-corrected chi connectivity index (χ0v) is 14.4. The zero-order chi connectivity index (χ0) is 16.5. The first-order valence-electron chi connectivity index (χ1n) is 7.82. The summed E-state index contributed by atoms with van der Waals surface area (Å²) in [6, 6.07) is -0.477. The molecule has 21 heavy (non-hydrogen) atoms. The maximum atomic E-state index is 10.6. The molecule has 0 saturated carbocycles. The lowest BCUT2D eigenvalue weighted by molar-refractivity contribution is 0.320. The molecule has 0 amide bonds. The van der Waals surface area contributed by atoms with Crippen molar-refractivity contribution in [1.82, 2.24) is 10.6 Å². The second kappa shape index (κ2) is 9.20. The molecule has 124 valence electrons. The Bertz CT molecular complexity index is 289. The molecule has 2 N–H and O–H groups in total. The predicted molar refractivity (Wildman–Crippen MR) is 88.5 cm³/mol. The van der Waals surface area contributed by atoms with E-state index in [9.17, 15) is 9.81 Å². The van der Waals surface area contributed by atoms with Crippen LogP contribution in [0.5, 0.6) is 0 Å². The summed E-state index contributed by atoms with van der Waals surface area (Å²) >= 11 is 0. The van der Waals surface area contributed by atoms with Crippen molar-refractivity contribution >= 4 is 0 Å². The van der Waals surface area contributed by atoms with Gasteiger partial charge in [-0.3, -0.25) is 0 Å². The highest BCUT2D eigenvalue weighted by molar-refractivity contribution is 4.89. The third-order valence-corrected chi connectivity index (χ3v) is 4.42. The van der Waals surface area contributed by atoms with Crippen LogP contribution in [-0.4, -0.2) is 36.3 Å². The fourth-order valence-electron chi connectivity index (χ4n) is 1.81. The topological polar surface area (TPSA) is 82.9 Å². The highest BCUT2D eigenvalue weighted by Gasteiger charge is 2.26. The minimum absolute atomic E-state index is 0.239. The van der Waals surface area contributed by atoms with Crippen LogP contribution in [0.3, 0.4) is 0 Å². The molecule has 0 fully saturated rings. The summed E-state index contributed by atoms with van der Waals surface area (Å²) in [6.07, 6.45) is 3.20. The first-order valence-corrected chi connectivity index (χ1v) is 7.82. The molecule has 0 heterocycles. The predicted octanol–water partition coefficient (Wildman–Crippen LogP) is 3.20. The van der Waals surface area contributed by atoms with E-state index in [4.69, 9.17) is 0 Å². The molecule has 0 aliphatic rings. The molecule has 0 rings (SSSR count). The third kappa shape index (κ3) is 7.62. The number of hydrogen-bond acceptors (Lipinski definition) is 6. The summed E-state index contributed by atoms with van der Waals surface area (Å²) in [6.45, 7) is 13.4. The van der Waals surface area contributed by atoms with Gasteiger partial charge in [0.05, 0.1) is 0 Å². The molecule has 0 aliphatic carbocycles. The normalized spacial score (nSPS) is 15.5. The Hall–Kier alpha value is -0.880. The molecule has 2 unspecified atom stereocenters. The zero-order valence-electron chi connectivity index (χ0n) is 14.4. The first kappa shape index (κ1) is 20.1. The Balaban J connectivity index is 3.75. The molecular weight excluding hydrogens is 268 g/mol. The maximum absolute atomic E-state index is 10.6. The van der Waals surface area contributed by atoms with Crippen molar-refractivity contribution in [2.45, 2.75) is 84.0 Å². The summed E-state index contributed by atoms with van der Waals surface area (Å²) in [4.78, 5) is 21.1. The molecule has 0 radical (unpaired) electrons. The van der Waals surface area contributed by atoms with Crippen LogP contribution in [0, 0.1) is 9.81 Å². The van der Waals surface area contributed by atoms with Gasteiger partial charge in [-0.05, 0) is 67.5 Å². The summed E-state index contributed by atoms with van der Waals surface area (Å²) in [5.74, 6) is 0. The van der Waals surface area contributed by atoms with Crippen molar-refractivity contribution in [3.05, 3.63) is 9.81 Å². The minimum atomic E-state index is -0.257. The van der Waals surface area contributed by atoms with Crippen molar-refractivity contribution in [2.24, 2.45) is 10.4 Å². The monoisotopic (exact) mass is 300 g/mol. The summed E-state index contributed by atoms with van der Waals surface area (Å²) < 4.78 is 0. The second-order valence-corrected chi connectivity index (χ2v) is 6.92. The Labute approximate surface area is 128 Å². The SMILES string of the molecule is CC(N=O)C(C)(C)NCCCCCNC(C)(C)C(C)N=O. The van der Waals surface area contributed by atoms with Crippen LogP contribution in [0.15, 0.2) is 10.4 Å². The van der Waals surface area contributed by atoms with Crippen molar-refractivity contribution in [3.8, 4) is 0 Å². The number of unbranched alkanes of at least 4 members (excludes halogenated alkanes) is 2. The van der Waals surface area contributed by atoms with Gasteiger partial charge in [-0.25, -0.2) is 0 Å². The van der Waals surface area contributed by atoms with Gasteiger partial charge in [-0.2, -0.15) is 9.81 Å². The van der Waals surface area contributed by atoms with Gasteiger partial charge < -0.3 is 10.6 Å². The Morgan fingerprint density at radius 1 is 0.762 bits per heavy atom. The van der Waals surface area contributed by atoms with Gasteiger partial charge in [-0.15, -0.1) is 0 Å². The smallest absolute Gasteiger partial charge is 0.107 e. The molecule has 6 nitrogen and oxygen atoms in total. The largest absolute Gasteiger partial charge is 0.310 e. The quantitative estimate of drug-likeness (QED) is 0.428. The van der Waals surface area contributed by atoms with Gasteiger partial charge in [0.15, 0.2) is 0 Å². The number of nitroso groups, excluding NO2 is 2. The van der Waals surface area contributed by atoms with Crippen molar-refractivity contribution in [3.63, 3.8) is 0 Å². The average Bonchev–Trinajstić information content (AvgIpc) is 2.43. The number of nitrogens with one attached hydrogen (secondary N) is 2. The molecular formula is C15H32N4O2. The Morgan fingerprint density at radius 2 is 1.10 bits per heavy atom. The van der Waals surface area contributed by atoms with Crippen LogP contribution in [0.4, 0.5) is 0 Å². The number of nitrogens with zero attached hydrogens (tertiary/aromatic N) is 2. The van der Waals surface area contributed by atoms with E-state index in [-0.39, 0.29) is 23.2 Å². The minimum Gasteiger partial charge on any atom is -0.310 e. The van der Waals surface area contributed by atoms with E-state index in [1.807, 2.05) is 41.5 Å². The van der Waals surface area contributed by atoms with Gasteiger partial charge in [0.2, 0.25) is 0 Å². The summed E-state index contributed by atoms with van der Waals surface area (Å²) in [5.41, 5.74) is -0.514. The maximum Gasteiger partial charge on any atom is 0.107 e. The Kier molecular flexibility index (Phi) is 8.82. The molecule has 0 aromatic rings. The molecule has 2 atom stereocenters. The van der Waals surface area contributed by atoms with Crippen molar-refractivity contribution in [1.29, 1.82) is 0 Å². The lowest BCUT2D eigenvalue weighted by Gasteiger charge is -2.29. The third-order valence-electron chi connectivity index (χ3n) is 4.42. The van der Waals surface area contributed by atoms with Crippen molar-refractivity contribution in [2.75, 3.05) is 13.1 Å². The molecule has 0 bridgehead atoms. The van der Waals surface area contributed by atoms with Gasteiger partial charge in [0.1, 0.15) is 12.1 Å². The van der Waals surface area contributed by atoms with E-state index < -0.39 is 0 Å². The van der Waals surface area contributed by atoms with E-state index in [2.05, 4.69) is 21.0 Å². The summed E-state index contributed by atoms with van der Waals surface area (Å²) in [5, 5.41) is 12.9. The van der Waals surface area contributed by atoms with Crippen LogP contribution in [-0.2, 0) is 0 Å². The fraction of sp³-hybridized carbons (Fsp3) is 1.00. The van der Waals surface area contributed by atoms with Gasteiger partial charge in [0, 0.05) is 11.1 Å². The second-order valence-electron chi connectivity index (χ2n) is 6.92. The molecule has 6 heteroatoms. The van der Waals surface area contributed by atoms with Gasteiger partial charge in [-0.1, -0.05) is 16.8 Å². The number of rotatable bonds is 12. The molecule has 0 aromatic carbocycles. The molecule has 0 aliphatic heterocycles. The van der Waals surface area contributed by atoms with E-state index >= 15 is 0 Å². The fourth-order valence-corrected chi connectivity index (χ4v) is 1.81. The van der Waals surface area contributed by atoms with Gasteiger partial charge in [0.25, 0.3) is 0 Å². The highest BCUT2D eigenvalue weighted by Crippen LogP contribution is 2.13. The van der Waals surface area contributed by atoms with Crippen LogP contribution < -0.4 is 10.6 Å². The van der Waals surface area contributed by atoms with E-state index in [0.29, 0.717) is 0 Å². The highest BCUT2D eigenvalue weighted by atomic mass is 16.3. The van der Waals surface area contributed by atoms with E-state index in [0.717, 1.165) is 32.4 Å². The lowest BCUT2D eigenvalue weighted by Crippen LogP contribution is -2.48. The van der Waals surface area contributed by atoms with Gasteiger partial charge >= 0.3 is 0 Å². The average molecular weight is 300 g/mol. The van der Waals surface area contributed by atoms with Crippen molar-refractivity contribution < 1.29 is 0 Å². The van der Waals surface area contributed by atoms with Crippen LogP contribution in [0.1, 0.15) is 60.8 Å². The molecule has 0 aromatic heterocycles. The van der Waals surface area contributed by atoms with Crippen LogP contribution in [0.2, 0.25) is 0 Å². The van der Waals surface area contributed by atoms with Crippen LogP contribution >= 0.6 is 0 Å². The lowest BCUT2D eigenvalue weighted by atomic mass is 9.96. The first-order chi connectivity index (χ1) is 9.67. The molecule has 0 spiro atoms. The standard InChI is InChI=1S/C15H32N4O2/c1-12(18-20)14(3,4)16-10-8-7-9-11-17-15(5,6)13(2)19-21/h12-13,16-17H,7-11H2,1-6H3. The molecule has 0 saturated heterocycles. The van der Waals surface area contributed by atoms with E-state index in [1.54, 1.807) is 0 Å². The Morgan fingerprint density at radius 3 is 1.38 bits per heavy atom. The number of hydrogen-bond donors (Lipinski definition) is 2. The summed E-state index contributed by atoms with van der Waals surface area (Å²) in [7, 11) is 0. The van der Waals surface area contributed by atoms with Crippen LogP contribution in [0.25, 0.3) is 0 Å².